The molecule has 0 fully saturated rings. The second kappa shape index (κ2) is 3.51. The summed E-state index contributed by atoms with van der Waals surface area (Å²) in [5.74, 6) is 0. The summed E-state index contributed by atoms with van der Waals surface area (Å²) >= 11 is 1.62. The van der Waals surface area contributed by atoms with E-state index in [1.54, 1.807) is 17.7 Å². The average Bonchev–Trinajstić information content (AvgIpc) is 2.71. The number of imidazole rings is 1. The van der Waals surface area contributed by atoms with E-state index in [2.05, 4.69) is 9.97 Å². The topological polar surface area (TPSA) is 56.7 Å². The van der Waals surface area contributed by atoms with Crippen molar-refractivity contribution in [2.45, 2.75) is 13.0 Å². The minimum Gasteiger partial charge on any atom is -0.332 e. The lowest BCUT2D eigenvalue weighted by molar-refractivity contribution is 0.835. The molecular weight excluding hydrogens is 196 g/mol. The van der Waals surface area contributed by atoms with E-state index < -0.39 is 0 Å². The van der Waals surface area contributed by atoms with Crippen LogP contribution in [0, 0.1) is 0 Å². The Bertz CT molecular complexity index is 429. The first kappa shape index (κ1) is 9.36. The van der Waals surface area contributed by atoms with Crippen LogP contribution in [0.1, 0.15) is 17.8 Å². The van der Waals surface area contributed by atoms with Gasteiger partial charge in [0.1, 0.15) is 5.01 Å². The molecule has 5 heteroatoms. The van der Waals surface area contributed by atoms with Crippen molar-refractivity contribution in [1.29, 1.82) is 0 Å². The van der Waals surface area contributed by atoms with Gasteiger partial charge < -0.3 is 10.3 Å². The van der Waals surface area contributed by atoms with Crippen LogP contribution in [0.15, 0.2) is 18.7 Å². The van der Waals surface area contributed by atoms with Gasteiger partial charge in [0.2, 0.25) is 0 Å². The van der Waals surface area contributed by atoms with E-state index in [1.807, 2.05) is 30.9 Å². The molecule has 0 aromatic carbocycles. The molecular formula is C9H12N4S. The molecule has 2 heterocycles. The van der Waals surface area contributed by atoms with Crippen LogP contribution in [0.3, 0.4) is 0 Å². The number of thiazole rings is 1. The van der Waals surface area contributed by atoms with Gasteiger partial charge in [-0.3, -0.25) is 0 Å². The first-order chi connectivity index (χ1) is 6.68. The standard InChI is InChI=1S/C9H12N4S/c1-6(10)8-4-12-9(14-8)7-3-11-5-13(7)2/h3-6H,10H2,1-2H3. The predicted molar refractivity (Wildman–Crippen MR) is 56.9 cm³/mol. The number of aromatic nitrogens is 3. The molecule has 2 N–H and O–H groups in total. The highest BCUT2D eigenvalue weighted by Gasteiger charge is 2.09. The van der Waals surface area contributed by atoms with E-state index in [9.17, 15) is 0 Å². The Morgan fingerprint density at radius 2 is 2.29 bits per heavy atom. The van der Waals surface area contributed by atoms with Gasteiger partial charge in [0.25, 0.3) is 0 Å². The van der Waals surface area contributed by atoms with Crippen LogP contribution in [0.2, 0.25) is 0 Å². The summed E-state index contributed by atoms with van der Waals surface area (Å²) in [7, 11) is 1.95. The molecule has 0 spiro atoms. The number of nitrogens with two attached hydrogens (primary N) is 1. The first-order valence-corrected chi connectivity index (χ1v) is 5.18. The quantitative estimate of drug-likeness (QED) is 0.815. The van der Waals surface area contributed by atoms with E-state index in [0.29, 0.717) is 0 Å². The third-order valence-electron chi connectivity index (χ3n) is 2.01. The van der Waals surface area contributed by atoms with Gasteiger partial charge in [-0.15, -0.1) is 11.3 Å². The highest BCUT2D eigenvalue weighted by molar-refractivity contribution is 7.15. The summed E-state index contributed by atoms with van der Waals surface area (Å²) in [4.78, 5) is 9.47. The van der Waals surface area contributed by atoms with Gasteiger partial charge >= 0.3 is 0 Å². The van der Waals surface area contributed by atoms with Crippen LogP contribution in [0.5, 0.6) is 0 Å². The van der Waals surface area contributed by atoms with Crippen LogP contribution in [0.25, 0.3) is 10.7 Å². The number of nitrogens with zero attached hydrogens (tertiary/aromatic N) is 3. The van der Waals surface area contributed by atoms with Gasteiger partial charge in [-0.05, 0) is 6.92 Å². The molecule has 74 valence electrons. The fraction of sp³-hybridized carbons (Fsp3) is 0.333. The lowest BCUT2D eigenvalue weighted by Gasteiger charge is -1.98. The molecule has 0 aliphatic rings. The smallest absolute Gasteiger partial charge is 0.141 e. The molecule has 0 saturated heterocycles. The van der Waals surface area contributed by atoms with Gasteiger partial charge in [-0.25, -0.2) is 9.97 Å². The van der Waals surface area contributed by atoms with Crippen molar-refractivity contribution in [3.8, 4) is 10.7 Å². The zero-order chi connectivity index (χ0) is 10.1. The molecule has 2 rings (SSSR count). The monoisotopic (exact) mass is 208 g/mol. The highest BCUT2D eigenvalue weighted by atomic mass is 32.1. The molecule has 0 amide bonds. The lowest BCUT2D eigenvalue weighted by atomic mass is 10.3. The summed E-state index contributed by atoms with van der Waals surface area (Å²) in [6.07, 6.45) is 5.41. The average molecular weight is 208 g/mol. The summed E-state index contributed by atoms with van der Waals surface area (Å²) in [6.45, 7) is 1.96. The van der Waals surface area contributed by atoms with Crippen LogP contribution in [-0.2, 0) is 7.05 Å². The summed E-state index contributed by atoms with van der Waals surface area (Å²) < 4.78 is 1.95. The minimum absolute atomic E-state index is 0.0504. The maximum Gasteiger partial charge on any atom is 0.141 e. The molecule has 0 bridgehead atoms. The Labute approximate surface area is 86.4 Å². The SMILES string of the molecule is CC(N)c1cnc(-c2cncn2C)s1. The van der Waals surface area contributed by atoms with Crippen molar-refractivity contribution in [3.05, 3.63) is 23.6 Å². The minimum atomic E-state index is 0.0504. The predicted octanol–water partition coefficient (Wildman–Crippen LogP) is 1.56. The van der Waals surface area contributed by atoms with E-state index in [0.717, 1.165) is 15.6 Å². The Balaban J connectivity index is 2.39. The lowest BCUT2D eigenvalue weighted by Crippen LogP contribution is -2.01. The highest BCUT2D eigenvalue weighted by Crippen LogP contribution is 2.26. The van der Waals surface area contributed by atoms with Gasteiger partial charge in [-0.2, -0.15) is 0 Å². The zero-order valence-electron chi connectivity index (χ0n) is 8.14. The molecule has 0 saturated carbocycles. The second-order valence-corrected chi connectivity index (χ2v) is 4.31. The Morgan fingerprint density at radius 1 is 1.50 bits per heavy atom. The number of rotatable bonds is 2. The first-order valence-electron chi connectivity index (χ1n) is 4.36. The number of aryl methyl sites for hydroxylation is 1. The van der Waals surface area contributed by atoms with Gasteiger partial charge in [-0.1, -0.05) is 0 Å². The number of hydrogen-bond acceptors (Lipinski definition) is 4. The molecule has 0 aliphatic carbocycles. The van der Waals surface area contributed by atoms with Crippen molar-refractivity contribution in [2.24, 2.45) is 12.8 Å². The van der Waals surface area contributed by atoms with Crippen LogP contribution < -0.4 is 5.73 Å². The Kier molecular flexibility index (Phi) is 2.35. The Morgan fingerprint density at radius 3 is 2.79 bits per heavy atom. The molecule has 0 radical (unpaired) electrons. The fourth-order valence-corrected chi connectivity index (χ4v) is 2.10. The molecule has 2 aromatic heterocycles. The molecule has 1 unspecified atom stereocenters. The fourth-order valence-electron chi connectivity index (χ4n) is 1.18. The zero-order valence-corrected chi connectivity index (χ0v) is 8.95. The largest absolute Gasteiger partial charge is 0.332 e. The van der Waals surface area contributed by atoms with E-state index in [4.69, 9.17) is 5.73 Å². The summed E-state index contributed by atoms with van der Waals surface area (Å²) in [6, 6.07) is 0.0504. The molecule has 0 aliphatic heterocycles. The van der Waals surface area contributed by atoms with Crippen molar-refractivity contribution >= 4 is 11.3 Å². The maximum absolute atomic E-state index is 5.77. The van der Waals surface area contributed by atoms with E-state index in [1.165, 1.54) is 0 Å². The summed E-state index contributed by atoms with van der Waals surface area (Å²) in [5, 5.41) is 0.970. The van der Waals surface area contributed by atoms with Crippen LogP contribution >= 0.6 is 11.3 Å². The van der Waals surface area contributed by atoms with Gasteiger partial charge in [0.15, 0.2) is 0 Å². The molecule has 14 heavy (non-hydrogen) atoms. The molecule has 2 aromatic rings. The van der Waals surface area contributed by atoms with E-state index in [-0.39, 0.29) is 6.04 Å². The molecule has 1 atom stereocenters. The second-order valence-electron chi connectivity index (χ2n) is 3.25. The van der Waals surface area contributed by atoms with Crippen molar-refractivity contribution in [3.63, 3.8) is 0 Å². The van der Waals surface area contributed by atoms with Gasteiger partial charge in [0, 0.05) is 24.2 Å². The van der Waals surface area contributed by atoms with Crippen molar-refractivity contribution < 1.29 is 0 Å². The van der Waals surface area contributed by atoms with Crippen molar-refractivity contribution in [2.75, 3.05) is 0 Å². The normalized spacial score (nSPS) is 13.1. The van der Waals surface area contributed by atoms with Crippen LogP contribution in [-0.4, -0.2) is 14.5 Å². The van der Waals surface area contributed by atoms with Gasteiger partial charge in [0.05, 0.1) is 18.2 Å². The maximum atomic E-state index is 5.77. The molecule has 4 nitrogen and oxygen atoms in total. The summed E-state index contributed by atoms with van der Waals surface area (Å²) in [5.41, 5.74) is 6.80. The Hall–Kier alpha value is -1.20. The van der Waals surface area contributed by atoms with Crippen LogP contribution in [0.4, 0.5) is 0 Å². The van der Waals surface area contributed by atoms with E-state index >= 15 is 0 Å². The van der Waals surface area contributed by atoms with Crippen molar-refractivity contribution in [1.82, 2.24) is 14.5 Å². The third kappa shape index (κ3) is 1.56. The third-order valence-corrected chi connectivity index (χ3v) is 3.23. The number of hydrogen-bond donors (Lipinski definition) is 1.